The topological polar surface area (TPSA) is 66.8 Å². The van der Waals surface area contributed by atoms with Crippen molar-refractivity contribution in [3.63, 3.8) is 0 Å². The lowest BCUT2D eigenvalue weighted by atomic mass is 9.95. The van der Waals surface area contributed by atoms with Gasteiger partial charge in [-0.05, 0) is 60.9 Å². The molecule has 1 fully saturated rings. The molecule has 1 atom stereocenters. The highest BCUT2D eigenvalue weighted by molar-refractivity contribution is 6.46. The van der Waals surface area contributed by atoms with Crippen LogP contribution < -0.4 is 4.74 Å². The zero-order chi connectivity index (χ0) is 23.4. The molecule has 1 aliphatic rings. The molecular formula is C27H24ClNO4. The van der Waals surface area contributed by atoms with Gasteiger partial charge in [0.2, 0.25) is 0 Å². The molecule has 1 N–H and O–H groups in total. The molecule has 4 rings (SSSR count). The fourth-order valence-electron chi connectivity index (χ4n) is 4.03. The number of benzene rings is 3. The van der Waals surface area contributed by atoms with Gasteiger partial charge in [0.15, 0.2) is 0 Å². The standard InChI is InChI=1S/C27H24ClNO4/c1-2-33-22-14-10-20(11-15-22)25(30)23-24(19-8-12-21(28)13-9-19)29(27(32)26(23)31)17-16-18-6-4-3-5-7-18/h3-15,24,30H,2,16-17H2,1H3. The third kappa shape index (κ3) is 4.78. The van der Waals surface area contributed by atoms with Crippen molar-refractivity contribution in [2.45, 2.75) is 19.4 Å². The minimum Gasteiger partial charge on any atom is -0.507 e. The summed E-state index contributed by atoms with van der Waals surface area (Å²) in [5, 5.41) is 11.7. The van der Waals surface area contributed by atoms with Crippen LogP contribution in [0.1, 0.15) is 29.7 Å². The van der Waals surface area contributed by atoms with E-state index >= 15 is 0 Å². The number of aliphatic hydroxyl groups is 1. The van der Waals surface area contributed by atoms with Gasteiger partial charge in [-0.3, -0.25) is 9.59 Å². The number of amides is 1. The molecule has 0 spiro atoms. The van der Waals surface area contributed by atoms with Gasteiger partial charge in [0.1, 0.15) is 11.5 Å². The Morgan fingerprint density at radius 2 is 1.64 bits per heavy atom. The summed E-state index contributed by atoms with van der Waals surface area (Å²) in [6.07, 6.45) is 0.584. The maximum Gasteiger partial charge on any atom is 0.295 e. The number of likely N-dealkylation sites (tertiary alicyclic amines) is 1. The largest absolute Gasteiger partial charge is 0.507 e. The molecule has 1 unspecified atom stereocenters. The molecule has 0 aromatic heterocycles. The fraction of sp³-hybridized carbons (Fsp3) is 0.185. The first-order chi connectivity index (χ1) is 16.0. The van der Waals surface area contributed by atoms with Crippen LogP contribution in [0.3, 0.4) is 0 Å². The van der Waals surface area contributed by atoms with Crippen LogP contribution >= 0.6 is 11.6 Å². The number of ketones is 1. The Balaban J connectivity index is 1.75. The summed E-state index contributed by atoms with van der Waals surface area (Å²) in [7, 11) is 0. The molecule has 6 heteroatoms. The number of rotatable bonds is 7. The van der Waals surface area contributed by atoms with Crippen molar-refractivity contribution in [2.24, 2.45) is 0 Å². The summed E-state index contributed by atoms with van der Waals surface area (Å²) < 4.78 is 5.46. The Hall–Kier alpha value is -3.57. The average Bonchev–Trinajstić information content (AvgIpc) is 3.09. The second kappa shape index (κ2) is 9.92. The zero-order valence-corrected chi connectivity index (χ0v) is 19.0. The maximum absolute atomic E-state index is 13.1. The van der Waals surface area contributed by atoms with E-state index in [1.54, 1.807) is 48.5 Å². The highest BCUT2D eigenvalue weighted by atomic mass is 35.5. The summed E-state index contributed by atoms with van der Waals surface area (Å²) >= 11 is 6.07. The van der Waals surface area contributed by atoms with Crippen molar-refractivity contribution >= 4 is 29.1 Å². The van der Waals surface area contributed by atoms with Crippen molar-refractivity contribution in [3.05, 3.63) is 106 Å². The summed E-state index contributed by atoms with van der Waals surface area (Å²) in [6.45, 7) is 2.74. The first-order valence-corrected chi connectivity index (χ1v) is 11.2. The van der Waals surface area contributed by atoms with E-state index in [4.69, 9.17) is 16.3 Å². The Labute approximate surface area is 197 Å². The van der Waals surface area contributed by atoms with Crippen LogP contribution in [-0.4, -0.2) is 34.8 Å². The summed E-state index contributed by atoms with van der Waals surface area (Å²) in [5.74, 6) is -0.877. The number of carbonyl (C=O) groups excluding carboxylic acids is 2. The van der Waals surface area contributed by atoms with Gasteiger partial charge in [-0.25, -0.2) is 0 Å². The van der Waals surface area contributed by atoms with Crippen LogP contribution in [0.25, 0.3) is 5.76 Å². The van der Waals surface area contributed by atoms with Gasteiger partial charge in [-0.2, -0.15) is 0 Å². The quantitative estimate of drug-likeness (QED) is 0.290. The predicted octanol–water partition coefficient (Wildman–Crippen LogP) is 5.40. The van der Waals surface area contributed by atoms with E-state index < -0.39 is 17.7 Å². The molecule has 0 aliphatic carbocycles. The molecule has 0 radical (unpaired) electrons. The molecule has 0 bridgehead atoms. The molecule has 1 heterocycles. The van der Waals surface area contributed by atoms with Gasteiger partial charge in [0.25, 0.3) is 11.7 Å². The maximum atomic E-state index is 13.1. The van der Waals surface area contributed by atoms with E-state index in [9.17, 15) is 14.7 Å². The molecule has 0 saturated carbocycles. The van der Waals surface area contributed by atoms with E-state index in [2.05, 4.69) is 0 Å². The Bertz CT molecular complexity index is 1170. The number of nitrogens with zero attached hydrogens (tertiary/aromatic N) is 1. The first kappa shape index (κ1) is 22.6. The van der Waals surface area contributed by atoms with Crippen LogP contribution in [0, 0.1) is 0 Å². The molecule has 3 aromatic rings. The molecular weight excluding hydrogens is 438 g/mol. The summed E-state index contributed by atoms with van der Waals surface area (Å²) in [4.78, 5) is 27.7. The minimum absolute atomic E-state index is 0.0690. The Morgan fingerprint density at radius 1 is 0.970 bits per heavy atom. The molecule has 3 aromatic carbocycles. The number of halogens is 1. The lowest BCUT2D eigenvalue weighted by molar-refractivity contribution is -0.139. The Morgan fingerprint density at radius 3 is 2.27 bits per heavy atom. The van der Waals surface area contributed by atoms with Crippen molar-refractivity contribution < 1.29 is 19.4 Å². The van der Waals surface area contributed by atoms with Gasteiger partial charge < -0.3 is 14.7 Å². The van der Waals surface area contributed by atoms with Crippen LogP contribution in [-0.2, 0) is 16.0 Å². The van der Waals surface area contributed by atoms with Crippen molar-refractivity contribution in [3.8, 4) is 5.75 Å². The van der Waals surface area contributed by atoms with E-state index in [1.807, 2.05) is 37.3 Å². The number of aliphatic hydroxyl groups excluding tert-OH is 1. The number of hydrogen-bond donors (Lipinski definition) is 1. The van der Waals surface area contributed by atoms with E-state index in [0.717, 1.165) is 5.56 Å². The van der Waals surface area contributed by atoms with Crippen molar-refractivity contribution in [1.29, 1.82) is 0 Å². The molecule has 5 nitrogen and oxygen atoms in total. The molecule has 1 amide bonds. The number of ether oxygens (including phenoxy) is 1. The Kier molecular flexibility index (Phi) is 6.80. The summed E-state index contributed by atoms with van der Waals surface area (Å²) in [5.41, 5.74) is 2.28. The second-order valence-corrected chi connectivity index (χ2v) is 8.17. The van der Waals surface area contributed by atoms with Gasteiger partial charge in [-0.15, -0.1) is 0 Å². The molecule has 1 aliphatic heterocycles. The van der Waals surface area contributed by atoms with Crippen LogP contribution in [0.15, 0.2) is 84.4 Å². The van der Waals surface area contributed by atoms with E-state index in [1.165, 1.54) is 4.90 Å². The third-order valence-electron chi connectivity index (χ3n) is 5.65. The highest BCUT2D eigenvalue weighted by Crippen LogP contribution is 2.40. The number of Topliss-reactive ketones (excluding diaryl/α,β-unsaturated/α-hetero) is 1. The van der Waals surface area contributed by atoms with Gasteiger partial charge in [0.05, 0.1) is 18.2 Å². The number of hydrogen-bond acceptors (Lipinski definition) is 4. The highest BCUT2D eigenvalue weighted by Gasteiger charge is 2.45. The normalized spacial score (nSPS) is 17.4. The third-order valence-corrected chi connectivity index (χ3v) is 5.90. The summed E-state index contributed by atoms with van der Waals surface area (Å²) in [6, 6.07) is 22.8. The predicted molar refractivity (Wildman–Crippen MR) is 128 cm³/mol. The SMILES string of the molecule is CCOc1ccc(C(O)=C2C(=O)C(=O)N(CCc3ccccc3)C2c2ccc(Cl)cc2)cc1. The second-order valence-electron chi connectivity index (χ2n) is 7.74. The van der Waals surface area contributed by atoms with Crippen LogP contribution in [0.2, 0.25) is 5.02 Å². The molecule has 1 saturated heterocycles. The van der Waals surface area contributed by atoms with E-state index in [0.29, 0.717) is 41.5 Å². The lowest BCUT2D eigenvalue weighted by Crippen LogP contribution is -2.31. The zero-order valence-electron chi connectivity index (χ0n) is 18.2. The number of carbonyl (C=O) groups is 2. The van der Waals surface area contributed by atoms with Crippen molar-refractivity contribution in [1.82, 2.24) is 4.90 Å². The average molecular weight is 462 g/mol. The fourth-order valence-corrected chi connectivity index (χ4v) is 4.15. The molecule has 168 valence electrons. The van der Waals surface area contributed by atoms with Crippen molar-refractivity contribution in [2.75, 3.05) is 13.2 Å². The van der Waals surface area contributed by atoms with Gasteiger partial charge >= 0.3 is 0 Å². The van der Waals surface area contributed by atoms with Crippen LogP contribution in [0.5, 0.6) is 5.75 Å². The smallest absolute Gasteiger partial charge is 0.295 e. The van der Waals surface area contributed by atoms with E-state index in [-0.39, 0.29) is 11.3 Å². The first-order valence-electron chi connectivity index (χ1n) is 10.8. The van der Waals surface area contributed by atoms with Crippen LogP contribution in [0.4, 0.5) is 0 Å². The van der Waals surface area contributed by atoms with Gasteiger partial charge in [-0.1, -0.05) is 54.1 Å². The molecule has 33 heavy (non-hydrogen) atoms. The monoisotopic (exact) mass is 461 g/mol. The van der Waals surface area contributed by atoms with Gasteiger partial charge in [0, 0.05) is 17.1 Å². The lowest BCUT2D eigenvalue weighted by Gasteiger charge is -2.25. The minimum atomic E-state index is -0.711.